The molecule has 0 unspecified atom stereocenters. The van der Waals surface area contributed by atoms with Gasteiger partial charge in [-0.2, -0.15) is 0 Å². The lowest BCUT2D eigenvalue weighted by molar-refractivity contribution is -0.155. The zero-order valence-electron chi connectivity index (χ0n) is 15.9. The number of aromatic nitrogens is 1. The predicted octanol–water partition coefficient (Wildman–Crippen LogP) is 5.34. The van der Waals surface area contributed by atoms with Gasteiger partial charge >= 0.3 is 5.97 Å². The summed E-state index contributed by atoms with van der Waals surface area (Å²) in [5, 5.41) is 1.04. The average Bonchev–Trinajstić information content (AvgIpc) is 2.89. The van der Waals surface area contributed by atoms with E-state index in [1.165, 1.54) is 0 Å². The first-order valence-electron chi connectivity index (χ1n) is 8.74. The Hall–Kier alpha value is -1.33. The third-order valence-electron chi connectivity index (χ3n) is 4.53. The van der Waals surface area contributed by atoms with Crippen LogP contribution in [0.3, 0.4) is 0 Å². The molecule has 0 aliphatic heterocycles. The van der Waals surface area contributed by atoms with Gasteiger partial charge in [-0.15, -0.1) is 0 Å². The molecule has 0 radical (unpaired) electrons. The lowest BCUT2D eigenvalue weighted by Gasteiger charge is -2.26. The molecule has 0 aliphatic carbocycles. The molecule has 0 fully saturated rings. The van der Waals surface area contributed by atoms with Crippen LogP contribution in [-0.4, -0.2) is 23.8 Å². The van der Waals surface area contributed by atoms with Gasteiger partial charge in [0, 0.05) is 23.2 Å². The van der Waals surface area contributed by atoms with Crippen LogP contribution in [0.25, 0.3) is 10.9 Å². The van der Waals surface area contributed by atoms with E-state index in [1.807, 2.05) is 35.9 Å². The smallest absolute Gasteiger partial charge is 0.313 e. The molecule has 1 atom stereocenters. The van der Waals surface area contributed by atoms with E-state index in [1.54, 1.807) is 7.11 Å². The van der Waals surface area contributed by atoms with Crippen LogP contribution in [-0.2, 0) is 21.0 Å². The first-order valence-corrected chi connectivity index (χ1v) is 9.53. The molecule has 0 amide bonds. The molecule has 5 heteroatoms. The van der Waals surface area contributed by atoms with Crippen molar-refractivity contribution < 1.29 is 14.3 Å². The van der Waals surface area contributed by atoms with E-state index in [2.05, 4.69) is 43.6 Å². The Labute approximate surface area is 158 Å². The Balaban J connectivity index is 2.36. The number of rotatable bonds is 7. The van der Waals surface area contributed by atoms with E-state index >= 15 is 0 Å². The third kappa shape index (κ3) is 4.45. The van der Waals surface area contributed by atoms with Crippen molar-refractivity contribution in [2.24, 2.45) is 11.8 Å². The molecule has 0 bridgehead atoms. The number of halogens is 1. The van der Waals surface area contributed by atoms with Crippen molar-refractivity contribution in [2.75, 3.05) is 7.11 Å². The molecule has 0 spiro atoms. The minimum absolute atomic E-state index is 0.0750. The van der Waals surface area contributed by atoms with Gasteiger partial charge in [0.05, 0.1) is 11.4 Å². The second kappa shape index (κ2) is 8.37. The van der Waals surface area contributed by atoms with Crippen LogP contribution in [0.5, 0.6) is 0 Å². The zero-order chi connectivity index (χ0) is 18.7. The number of hydrogen-bond acceptors (Lipinski definition) is 3. The van der Waals surface area contributed by atoms with Crippen LogP contribution in [0.4, 0.5) is 0 Å². The lowest BCUT2D eigenvalue weighted by atomic mass is 9.95. The summed E-state index contributed by atoms with van der Waals surface area (Å²) in [6, 6.07) is 6.07. The summed E-state index contributed by atoms with van der Waals surface area (Å²) in [5.41, 5.74) is 2.01. The number of carbonyl (C=O) groups is 1. The van der Waals surface area contributed by atoms with Gasteiger partial charge in [-0.1, -0.05) is 43.6 Å². The lowest BCUT2D eigenvalue weighted by Crippen LogP contribution is -2.30. The quantitative estimate of drug-likeness (QED) is 0.579. The fourth-order valence-electron chi connectivity index (χ4n) is 3.29. The number of hydrogen-bond donors (Lipinski definition) is 0. The Morgan fingerprint density at radius 1 is 1.16 bits per heavy atom. The van der Waals surface area contributed by atoms with E-state index in [9.17, 15) is 4.79 Å². The molecule has 1 aromatic heterocycles. The van der Waals surface area contributed by atoms with Crippen molar-refractivity contribution in [3.05, 3.63) is 34.4 Å². The standard InChI is InChI=1S/C20H28BrNO3/c1-12(2)19(13(3)4)25-20(23)14(5)17-10-22(11-24-6)18-8-7-15(21)9-16(17)18/h7-10,12-14,19H,11H2,1-6H3/t14-/m1/s1. The average molecular weight is 410 g/mol. The molecular formula is C20H28BrNO3. The second-order valence-corrected chi connectivity index (χ2v) is 8.16. The largest absolute Gasteiger partial charge is 0.461 e. The number of ether oxygens (including phenoxy) is 2. The van der Waals surface area contributed by atoms with E-state index in [4.69, 9.17) is 9.47 Å². The van der Waals surface area contributed by atoms with E-state index in [-0.39, 0.29) is 18.0 Å². The van der Waals surface area contributed by atoms with Gasteiger partial charge in [-0.05, 0) is 42.5 Å². The number of carbonyl (C=O) groups excluding carboxylic acids is 1. The van der Waals surface area contributed by atoms with Crippen LogP contribution >= 0.6 is 15.9 Å². The first kappa shape index (κ1) is 20.0. The first-order chi connectivity index (χ1) is 11.8. The second-order valence-electron chi connectivity index (χ2n) is 7.24. The minimum Gasteiger partial charge on any atom is -0.461 e. The van der Waals surface area contributed by atoms with E-state index in [0.29, 0.717) is 18.6 Å². The molecule has 0 saturated heterocycles. The maximum absolute atomic E-state index is 12.8. The number of methoxy groups -OCH3 is 1. The zero-order valence-corrected chi connectivity index (χ0v) is 17.5. The van der Waals surface area contributed by atoms with Crippen molar-refractivity contribution >= 4 is 32.8 Å². The van der Waals surface area contributed by atoms with Crippen LogP contribution in [0.2, 0.25) is 0 Å². The fourth-order valence-corrected chi connectivity index (χ4v) is 3.65. The summed E-state index contributed by atoms with van der Waals surface area (Å²) < 4.78 is 14.1. The van der Waals surface area contributed by atoms with Crippen molar-refractivity contribution in [1.82, 2.24) is 4.57 Å². The van der Waals surface area contributed by atoms with Gasteiger partial charge in [-0.25, -0.2) is 0 Å². The van der Waals surface area contributed by atoms with Crippen molar-refractivity contribution in [3.63, 3.8) is 0 Å². The Kier molecular flexibility index (Phi) is 6.69. The summed E-state index contributed by atoms with van der Waals surface area (Å²) in [7, 11) is 1.66. The van der Waals surface area contributed by atoms with Gasteiger partial charge < -0.3 is 14.0 Å². The molecule has 25 heavy (non-hydrogen) atoms. The normalized spacial score (nSPS) is 13.2. The van der Waals surface area contributed by atoms with Gasteiger partial charge in [0.25, 0.3) is 0 Å². The minimum atomic E-state index is -0.338. The maximum Gasteiger partial charge on any atom is 0.313 e. The van der Waals surface area contributed by atoms with Gasteiger partial charge in [-0.3, -0.25) is 4.79 Å². The molecular weight excluding hydrogens is 382 g/mol. The molecule has 0 aliphatic rings. The summed E-state index contributed by atoms with van der Waals surface area (Å²) in [6.45, 7) is 10.7. The topological polar surface area (TPSA) is 40.5 Å². The fraction of sp³-hybridized carbons (Fsp3) is 0.550. The molecule has 1 heterocycles. The molecule has 4 nitrogen and oxygen atoms in total. The molecule has 0 saturated carbocycles. The van der Waals surface area contributed by atoms with Crippen LogP contribution in [0, 0.1) is 11.8 Å². The number of esters is 1. The molecule has 2 aromatic rings. The van der Waals surface area contributed by atoms with Crippen molar-refractivity contribution in [3.8, 4) is 0 Å². The Morgan fingerprint density at radius 2 is 1.80 bits per heavy atom. The van der Waals surface area contributed by atoms with Gasteiger partial charge in [0.2, 0.25) is 0 Å². The Morgan fingerprint density at radius 3 is 2.36 bits per heavy atom. The summed E-state index contributed by atoms with van der Waals surface area (Å²) in [5.74, 6) is 0.0685. The highest BCUT2D eigenvalue weighted by molar-refractivity contribution is 9.10. The number of nitrogens with zero attached hydrogens (tertiary/aromatic N) is 1. The number of fused-ring (bicyclic) bond motifs is 1. The van der Waals surface area contributed by atoms with Crippen molar-refractivity contribution in [2.45, 2.75) is 53.4 Å². The van der Waals surface area contributed by atoms with Crippen LogP contribution in [0.15, 0.2) is 28.9 Å². The van der Waals surface area contributed by atoms with Crippen molar-refractivity contribution in [1.29, 1.82) is 0 Å². The SMILES string of the molecule is COCn1cc([C@@H](C)C(=O)OC(C(C)C)C(C)C)c2cc(Br)ccc21. The molecule has 2 rings (SSSR count). The highest BCUT2D eigenvalue weighted by Gasteiger charge is 2.27. The third-order valence-corrected chi connectivity index (χ3v) is 5.02. The molecule has 0 N–H and O–H groups in total. The summed E-state index contributed by atoms with van der Waals surface area (Å²) in [4.78, 5) is 12.8. The van der Waals surface area contributed by atoms with Crippen LogP contribution in [0.1, 0.15) is 46.1 Å². The van der Waals surface area contributed by atoms with Gasteiger partial charge in [0.15, 0.2) is 0 Å². The predicted molar refractivity (Wildman–Crippen MR) is 105 cm³/mol. The molecule has 1 aromatic carbocycles. The number of benzene rings is 1. The van der Waals surface area contributed by atoms with Crippen LogP contribution < -0.4 is 0 Å². The maximum atomic E-state index is 12.8. The monoisotopic (exact) mass is 409 g/mol. The van der Waals surface area contributed by atoms with E-state index in [0.717, 1.165) is 20.9 Å². The highest BCUT2D eigenvalue weighted by atomic mass is 79.9. The highest BCUT2D eigenvalue weighted by Crippen LogP contribution is 2.32. The molecule has 138 valence electrons. The Bertz CT molecular complexity index is 728. The van der Waals surface area contributed by atoms with Gasteiger partial charge in [0.1, 0.15) is 12.8 Å². The van der Waals surface area contributed by atoms with E-state index < -0.39 is 0 Å². The summed E-state index contributed by atoms with van der Waals surface area (Å²) >= 11 is 3.52. The summed E-state index contributed by atoms with van der Waals surface area (Å²) in [6.07, 6.45) is 1.92.